The van der Waals surface area contributed by atoms with Gasteiger partial charge in [-0.3, -0.25) is 14.7 Å². The maximum atomic E-state index is 12.8. The first-order valence-electron chi connectivity index (χ1n) is 9.41. The van der Waals surface area contributed by atoms with Gasteiger partial charge in [0.1, 0.15) is 0 Å². The predicted molar refractivity (Wildman–Crippen MR) is 97.0 cm³/mol. The zero-order valence-corrected chi connectivity index (χ0v) is 14.5. The van der Waals surface area contributed by atoms with Crippen molar-refractivity contribution in [3.63, 3.8) is 0 Å². The van der Waals surface area contributed by atoms with Crippen molar-refractivity contribution in [1.82, 2.24) is 14.7 Å². The van der Waals surface area contributed by atoms with E-state index in [1.165, 1.54) is 6.42 Å². The van der Waals surface area contributed by atoms with Gasteiger partial charge in [-0.05, 0) is 57.1 Å². The molecule has 1 aliphatic heterocycles. The number of H-pyrrole nitrogens is 1. The van der Waals surface area contributed by atoms with Gasteiger partial charge in [-0.15, -0.1) is 0 Å². The highest BCUT2D eigenvalue weighted by molar-refractivity contribution is 5.79. The number of nitrogens with one attached hydrogen (secondary N) is 1. The quantitative estimate of drug-likeness (QED) is 0.855. The van der Waals surface area contributed by atoms with E-state index in [0.717, 1.165) is 62.1 Å². The predicted octanol–water partition coefficient (Wildman–Crippen LogP) is 2.67. The van der Waals surface area contributed by atoms with Crippen molar-refractivity contribution >= 4 is 5.91 Å². The second-order valence-electron chi connectivity index (χ2n) is 7.21. The Morgan fingerprint density at radius 3 is 2.48 bits per heavy atom. The zero-order chi connectivity index (χ0) is 17.2. The highest BCUT2D eigenvalue weighted by atomic mass is 16.2. The highest BCUT2D eigenvalue weighted by Gasteiger charge is 2.29. The van der Waals surface area contributed by atoms with E-state index in [4.69, 9.17) is 0 Å². The number of rotatable bonds is 2. The minimum absolute atomic E-state index is 0.0345. The van der Waals surface area contributed by atoms with Crippen LogP contribution in [0.3, 0.4) is 0 Å². The fraction of sp³-hybridized carbons (Fsp3) is 0.500. The van der Waals surface area contributed by atoms with Gasteiger partial charge < -0.3 is 4.90 Å². The third-order valence-electron chi connectivity index (χ3n) is 5.59. The summed E-state index contributed by atoms with van der Waals surface area (Å²) in [4.78, 5) is 27.6. The first kappa shape index (κ1) is 16.2. The minimum Gasteiger partial charge on any atom is -0.342 e. The number of benzene rings is 1. The molecule has 0 saturated carbocycles. The lowest BCUT2D eigenvalue weighted by Gasteiger charge is -2.30. The van der Waals surface area contributed by atoms with Crippen molar-refractivity contribution in [2.75, 3.05) is 13.1 Å². The molecule has 1 N–H and O–H groups in total. The van der Waals surface area contributed by atoms with Crippen LogP contribution >= 0.6 is 0 Å². The number of aromatic nitrogens is 2. The van der Waals surface area contributed by atoms with E-state index in [9.17, 15) is 9.59 Å². The standard InChI is InChI=1S/C20H25N3O2/c24-19(22-13-5-2-6-14-22)15-9-11-17-18(12-10-15)21-23(20(17)25)16-7-3-1-4-8-16/h1,3-4,7-8,15,21H,2,5-6,9-14H2. The van der Waals surface area contributed by atoms with Crippen molar-refractivity contribution in [3.8, 4) is 5.69 Å². The van der Waals surface area contributed by atoms with E-state index in [-0.39, 0.29) is 11.5 Å². The fourth-order valence-corrected chi connectivity index (χ4v) is 4.14. The lowest BCUT2D eigenvalue weighted by Crippen LogP contribution is -2.39. The average Bonchev–Trinajstić information content (AvgIpc) is 2.85. The summed E-state index contributed by atoms with van der Waals surface area (Å²) >= 11 is 0. The molecule has 0 radical (unpaired) electrons. The Morgan fingerprint density at radius 1 is 1.00 bits per heavy atom. The summed E-state index contributed by atoms with van der Waals surface area (Å²) in [5.74, 6) is 0.358. The van der Waals surface area contributed by atoms with Gasteiger partial charge in [0.2, 0.25) is 5.91 Å². The van der Waals surface area contributed by atoms with Gasteiger partial charge in [-0.1, -0.05) is 18.2 Å². The number of nitrogens with zero attached hydrogens (tertiary/aromatic N) is 2. The lowest BCUT2D eigenvalue weighted by molar-refractivity contribution is -0.136. The van der Waals surface area contributed by atoms with Crippen LogP contribution in [0.4, 0.5) is 0 Å². The van der Waals surface area contributed by atoms with E-state index >= 15 is 0 Å². The molecular weight excluding hydrogens is 314 g/mol. The first-order valence-corrected chi connectivity index (χ1v) is 9.41. The topological polar surface area (TPSA) is 58.1 Å². The minimum atomic E-state index is 0.0345. The van der Waals surface area contributed by atoms with Gasteiger partial charge in [0.05, 0.1) is 5.69 Å². The maximum absolute atomic E-state index is 12.8. The molecule has 1 fully saturated rings. The molecule has 1 aliphatic carbocycles. The number of likely N-dealkylation sites (tertiary alicyclic amines) is 1. The summed E-state index contributed by atoms with van der Waals surface area (Å²) in [6, 6.07) is 9.67. The molecule has 0 spiro atoms. The van der Waals surface area contributed by atoms with E-state index < -0.39 is 0 Å². The summed E-state index contributed by atoms with van der Waals surface area (Å²) in [6.45, 7) is 1.81. The molecule has 2 aliphatic rings. The van der Waals surface area contributed by atoms with Crippen molar-refractivity contribution in [3.05, 3.63) is 51.9 Å². The van der Waals surface area contributed by atoms with Gasteiger partial charge >= 0.3 is 0 Å². The Kier molecular flexibility index (Phi) is 4.47. The third kappa shape index (κ3) is 3.15. The number of hydrogen-bond acceptors (Lipinski definition) is 2. The summed E-state index contributed by atoms with van der Waals surface area (Å²) in [7, 11) is 0. The molecule has 5 heteroatoms. The number of piperidine rings is 1. The number of amides is 1. The normalized spacial score (nSPS) is 20.8. The zero-order valence-electron chi connectivity index (χ0n) is 14.5. The van der Waals surface area contributed by atoms with Crippen LogP contribution < -0.4 is 5.56 Å². The molecule has 1 atom stereocenters. The molecule has 25 heavy (non-hydrogen) atoms. The van der Waals surface area contributed by atoms with Gasteiger partial charge in [0.15, 0.2) is 0 Å². The Morgan fingerprint density at radius 2 is 1.72 bits per heavy atom. The Balaban J connectivity index is 1.52. The van der Waals surface area contributed by atoms with Crippen LogP contribution in [0.5, 0.6) is 0 Å². The number of para-hydroxylation sites is 1. The van der Waals surface area contributed by atoms with Crippen LogP contribution in [0.1, 0.15) is 43.4 Å². The second kappa shape index (κ2) is 6.90. The molecule has 1 aromatic heterocycles. The van der Waals surface area contributed by atoms with Gasteiger partial charge in [0, 0.05) is 30.3 Å². The molecular formula is C20H25N3O2. The first-order chi connectivity index (χ1) is 12.2. The van der Waals surface area contributed by atoms with E-state index in [1.807, 2.05) is 35.2 Å². The molecule has 132 valence electrons. The Hall–Kier alpha value is -2.30. The van der Waals surface area contributed by atoms with E-state index in [1.54, 1.807) is 4.68 Å². The smallest absolute Gasteiger partial charge is 0.274 e. The van der Waals surface area contributed by atoms with Gasteiger partial charge in [-0.2, -0.15) is 0 Å². The Bertz CT molecular complexity index is 800. The van der Waals surface area contributed by atoms with E-state index in [0.29, 0.717) is 12.3 Å². The van der Waals surface area contributed by atoms with E-state index in [2.05, 4.69) is 5.10 Å². The van der Waals surface area contributed by atoms with Crippen molar-refractivity contribution < 1.29 is 4.79 Å². The average molecular weight is 339 g/mol. The molecule has 1 amide bonds. The summed E-state index contributed by atoms with van der Waals surface area (Å²) in [5, 5.41) is 3.28. The van der Waals surface area contributed by atoms with Crippen molar-refractivity contribution in [2.45, 2.75) is 44.9 Å². The number of carbonyl (C=O) groups is 1. The van der Waals surface area contributed by atoms with Crippen LogP contribution in [0.25, 0.3) is 5.69 Å². The summed E-state index contributed by atoms with van der Waals surface area (Å²) in [6.07, 6.45) is 6.56. The number of aryl methyl sites for hydroxylation is 1. The van der Waals surface area contributed by atoms with Crippen LogP contribution in [0.2, 0.25) is 0 Å². The molecule has 1 saturated heterocycles. The largest absolute Gasteiger partial charge is 0.342 e. The maximum Gasteiger partial charge on any atom is 0.274 e. The number of carbonyl (C=O) groups excluding carboxylic acids is 1. The monoisotopic (exact) mass is 339 g/mol. The number of aromatic amines is 1. The lowest BCUT2D eigenvalue weighted by atomic mass is 9.97. The van der Waals surface area contributed by atoms with Gasteiger partial charge in [0.25, 0.3) is 5.56 Å². The van der Waals surface area contributed by atoms with Crippen molar-refractivity contribution in [1.29, 1.82) is 0 Å². The number of hydrogen-bond donors (Lipinski definition) is 1. The Labute approximate surface area is 147 Å². The fourth-order valence-electron chi connectivity index (χ4n) is 4.14. The molecule has 5 nitrogen and oxygen atoms in total. The molecule has 2 aromatic rings. The summed E-state index contributed by atoms with van der Waals surface area (Å²) in [5.41, 5.74) is 2.76. The number of fused-ring (bicyclic) bond motifs is 1. The third-order valence-corrected chi connectivity index (χ3v) is 5.59. The highest BCUT2D eigenvalue weighted by Crippen LogP contribution is 2.25. The summed E-state index contributed by atoms with van der Waals surface area (Å²) < 4.78 is 1.64. The molecule has 1 unspecified atom stereocenters. The van der Waals surface area contributed by atoms with Gasteiger partial charge in [-0.25, -0.2) is 4.68 Å². The van der Waals surface area contributed by atoms with Crippen molar-refractivity contribution in [2.24, 2.45) is 5.92 Å². The molecule has 1 aromatic carbocycles. The SMILES string of the molecule is O=C(C1CCc2[nH]n(-c3ccccc3)c(=O)c2CC1)N1CCCCC1. The van der Waals surface area contributed by atoms with Crippen LogP contribution in [-0.2, 0) is 17.6 Å². The molecule has 4 rings (SSSR count). The van der Waals surface area contributed by atoms with Crippen LogP contribution in [0.15, 0.2) is 35.1 Å². The van der Waals surface area contributed by atoms with Crippen LogP contribution in [-0.4, -0.2) is 33.7 Å². The van der Waals surface area contributed by atoms with Crippen LogP contribution in [0, 0.1) is 5.92 Å². The molecule has 2 heterocycles. The molecule has 0 bridgehead atoms. The second-order valence-corrected chi connectivity index (χ2v) is 7.21.